The number of anilines is 1. The Labute approximate surface area is 116 Å². The summed E-state index contributed by atoms with van der Waals surface area (Å²) in [6.07, 6.45) is 3.26. The van der Waals surface area contributed by atoms with Crippen LogP contribution in [-0.2, 0) is 9.84 Å². The summed E-state index contributed by atoms with van der Waals surface area (Å²) < 4.78 is 22.7. The summed E-state index contributed by atoms with van der Waals surface area (Å²) in [5.41, 5.74) is 6.88. The Kier molecular flexibility index (Phi) is 5.38. The van der Waals surface area contributed by atoms with E-state index < -0.39 is 9.84 Å². The Hall–Kier alpha value is -1.07. The molecule has 0 aliphatic heterocycles. The van der Waals surface area contributed by atoms with Crippen molar-refractivity contribution in [1.29, 1.82) is 0 Å². The van der Waals surface area contributed by atoms with Crippen molar-refractivity contribution >= 4 is 15.5 Å². The maximum absolute atomic E-state index is 11.4. The lowest BCUT2D eigenvalue weighted by atomic mass is 9.82. The number of hydrogen-bond donors (Lipinski definition) is 2. The summed E-state index contributed by atoms with van der Waals surface area (Å²) in [6.45, 7) is 5.73. The molecular formula is C14H24N2O2S. The molecule has 0 fully saturated rings. The minimum atomic E-state index is -3.12. The zero-order valence-corrected chi connectivity index (χ0v) is 12.8. The largest absolute Gasteiger partial charge is 0.384 e. The number of benzene rings is 1. The van der Waals surface area contributed by atoms with Gasteiger partial charge in [-0.3, -0.25) is 0 Å². The zero-order chi connectivity index (χ0) is 14.5. The first-order valence-corrected chi connectivity index (χ1v) is 8.50. The molecule has 4 nitrogen and oxygen atoms in total. The number of sulfone groups is 1. The van der Waals surface area contributed by atoms with Crippen molar-refractivity contribution in [3.05, 3.63) is 24.3 Å². The van der Waals surface area contributed by atoms with Gasteiger partial charge < -0.3 is 11.1 Å². The SMILES string of the molecule is CCC(CC)(CN)CNc1ccc(S(C)(=O)=O)cc1. The highest BCUT2D eigenvalue weighted by molar-refractivity contribution is 7.90. The number of rotatable bonds is 7. The summed E-state index contributed by atoms with van der Waals surface area (Å²) in [7, 11) is -3.12. The second-order valence-corrected chi connectivity index (χ2v) is 7.08. The Morgan fingerprint density at radius 3 is 2.05 bits per heavy atom. The summed E-state index contributed by atoms with van der Waals surface area (Å²) in [5, 5.41) is 3.34. The van der Waals surface area contributed by atoms with Crippen LogP contribution >= 0.6 is 0 Å². The van der Waals surface area contributed by atoms with Gasteiger partial charge in [0.1, 0.15) is 0 Å². The third-order valence-corrected chi connectivity index (χ3v) is 5.01. The predicted molar refractivity (Wildman–Crippen MR) is 80.1 cm³/mol. The molecule has 108 valence electrons. The molecule has 1 aromatic carbocycles. The van der Waals surface area contributed by atoms with Crippen molar-refractivity contribution in [3.8, 4) is 0 Å². The quantitative estimate of drug-likeness (QED) is 0.805. The van der Waals surface area contributed by atoms with Crippen LogP contribution in [0.1, 0.15) is 26.7 Å². The fraction of sp³-hybridized carbons (Fsp3) is 0.571. The average molecular weight is 284 g/mol. The molecule has 0 aliphatic carbocycles. The molecular weight excluding hydrogens is 260 g/mol. The van der Waals surface area contributed by atoms with E-state index in [9.17, 15) is 8.42 Å². The Morgan fingerprint density at radius 1 is 1.16 bits per heavy atom. The van der Waals surface area contributed by atoms with Crippen molar-refractivity contribution in [2.75, 3.05) is 24.7 Å². The molecule has 1 aromatic rings. The van der Waals surface area contributed by atoms with Gasteiger partial charge in [-0.15, -0.1) is 0 Å². The van der Waals surface area contributed by atoms with Gasteiger partial charge in [-0.25, -0.2) is 8.42 Å². The van der Waals surface area contributed by atoms with Crippen molar-refractivity contribution < 1.29 is 8.42 Å². The van der Waals surface area contributed by atoms with Crippen LogP contribution in [-0.4, -0.2) is 27.8 Å². The summed E-state index contributed by atoms with van der Waals surface area (Å²) in [5.74, 6) is 0. The Balaban J connectivity index is 2.74. The Morgan fingerprint density at radius 2 is 1.68 bits per heavy atom. The van der Waals surface area contributed by atoms with Crippen LogP contribution in [0.5, 0.6) is 0 Å². The molecule has 0 amide bonds. The average Bonchev–Trinajstić information content (AvgIpc) is 2.40. The van der Waals surface area contributed by atoms with E-state index >= 15 is 0 Å². The molecule has 0 atom stereocenters. The topological polar surface area (TPSA) is 72.2 Å². The lowest BCUT2D eigenvalue weighted by molar-refractivity contribution is 0.294. The fourth-order valence-electron chi connectivity index (χ4n) is 1.97. The molecule has 0 heterocycles. The van der Waals surface area contributed by atoms with E-state index in [1.807, 2.05) is 0 Å². The number of hydrogen-bond acceptors (Lipinski definition) is 4. The van der Waals surface area contributed by atoms with E-state index in [1.54, 1.807) is 24.3 Å². The summed E-state index contributed by atoms with van der Waals surface area (Å²) >= 11 is 0. The minimum Gasteiger partial charge on any atom is -0.384 e. The van der Waals surface area contributed by atoms with Gasteiger partial charge >= 0.3 is 0 Å². The van der Waals surface area contributed by atoms with E-state index in [0.717, 1.165) is 25.1 Å². The lowest BCUT2D eigenvalue weighted by Gasteiger charge is -2.30. The van der Waals surface area contributed by atoms with Crippen molar-refractivity contribution in [3.63, 3.8) is 0 Å². The first-order valence-electron chi connectivity index (χ1n) is 6.61. The molecule has 5 heteroatoms. The second-order valence-electron chi connectivity index (χ2n) is 5.06. The van der Waals surface area contributed by atoms with Gasteiger partial charge in [0, 0.05) is 18.5 Å². The van der Waals surface area contributed by atoms with Gasteiger partial charge in [0.25, 0.3) is 0 Å². The summed E-state index contributed by atoms with van der Waals surface area (Å²) in [6, 6.07) is 6.84. The standard InChI is InChI=1S/C14H24N2O2S/c1-4-14(5-2,10-15)11-16-12-6-8-13(9-7-12)19(3,17)18/h6-9,16H,4-5,10-11,15H2,1-3H3. The van der Waals surface area contributed by atoms with E-state index in [1.165, 1.54) is 6.26 Å². The molecule has 0 unspecified atom stereocenters. The molecule has 1 rings (SSSR count). The van der Waals surface area contributed by atoms with E-state index in [-0.39, 0.29) is 5.41 Å². The fourth-order valence-corrected chi connectivity index (χ4v) is 2.60. The van der Waals surface area contributed by atoms with Gasteiger partial charge in [-0.1, -0.05) is 13.8 Å². The van der Waals surface area contributed by atoms with Crippen LogP contribution in [0.25, 0.3) is 0 Å². The molecule has 0 aliphatic rings. The first-order chi connectivity index (χ1) is 8.87. The second kappa shape index (κ2) is 6.39. The number of nitrogens with one attached hydrogen (secondary N) is 1. The van der Waals surface area contributed by atoms with E-state index in [2.05, 4.69) is 19.2 Å². The smallest absolute Gasteiger partial charge is 0.175 e. The third kappa shape index (κ3) is 4.21. The highest BCUT2D eigenvalue weighted by Crippen LogP contribution is 2.25. The minimum absolute atomic E-state index is 0.107. The summed E-state index contributed by atoms with van der Waals surface area (Å²) in [4.78, 5) is 0.342. The molecule has 19 heavy (non-hydrogen) atoms. The molecule has 0 spiro atoms. The third-order valence-electron chi connectivity index (χ3n) is 3.88. The highest BCUT2D eigenvalue weighted by Gasteiger charge is 2.23. The molecule has 0 bridgehead atoms. The van der Waals surface area contributed by atoms with Crippen LogP contribution < -0.4 is 11.1 Å². The van der Waals surface area contributed by atoms with Crippen molar-refractivity contribution in [2.45, 2.75) is 31.6 Å². The predicted octanol–water partition coefficient (Wildman–Crippen LogP) is 2.27. The molecule has 3 N–H and O–H groups in total. The van der Waals surface area contributed by atoms with Crippen molar-refractivity contribution in [1.82, 2.24) is 0 Å². The highest BCUT2D eigenvalue weighted by atomic mass is 32.2. The molecule has 0 saturated carbocycles. The number of nitrogens with two attached hydrogens (primary N) is 1. The normalized spacial score (nSPS) is 12.4. The van der Waals surface area contributed by atoms with E-state index in [0.29, 0.717) is 11.4 Å². The van der Waals surface area contributed by atoms with E-state index in [4.69, 9.17) is 5.73 Å². The zero-order valence-electron chi connectivity index (χ0n) is 11.9. The molecule has 0 radical (unpaired) electrons. The van der Waals surface area contributed by atoms with Gasteiger partial charge in [0.2, 0.25) is 0 Å². The van der Waals surface area contributed by atoms with Gasteiger partial charge in [0.05, 0.1) is 4.90 Å². The Bertz CT molecular complexity index is 482. The maximum atomic E-state index is 11.4. The molecule has 0 aromatic heterocycles. The molecule has 0 saturated heterocycles. The van der Waals surface area contributed by atoms with Crippen LogP contribution in [0.2, 0.25) is 0 Å². The van der Waals surface area contributed by atoms with Crippen LogP contribution in [0.15, 0.2) is 29.2 Å². The van der Waals surface area contributed by atoms with Gasteiger partial charge in [-0.2, -0.15) is 0 Å². The monoisotopic (exact) mass is 284 g/mol. The lowest BCUT2D eigenvalue weighted by Crippen LogP contribution is -2.36. The van der Waals surface area contributed by atoms with Crippen LogP contribution in [0, 0.1) is 5.41 Å². The van der Waals surface area contributed by atoms with Crippen LogP contribution in [0.3, 0.4) is 0 Å². The first kappa shape index (κ1) is 16.0. The maximum Gasteiger partial charge on any atom is 0.175 e. The van der Waals surface area contributed by atoms with Gasteiger partial charge in [-0.05, 0) is 49.1 Å². The van der Waals surface area contributed by atoms with Gasteiger partial charge in [0.15, 0.2) is 9.84 Å². The van der Waals surface area contributed by atoms with Crippen LogP contribution in [0.4, 0.5) is 5.69 Å². The van der Waals surface area contributed by atoms with Crippen molar-refractivity contribution in [2.24, 2.45) is 11.1 Å².